The third-order valence-electron chi connectivity index (χ3n) is 4.99. The monoisotopic (exact) mass is 388 g/mol. The van der Waals surface area contributed by atoms with Gasteiger partial charge in [-0.2, -0.15) is 0 Å². The predicted molar refractivity (Wildman–Crippen MR) is 111 cm³/mol. The van der Waals surface area contributed by atoms with Gasteiger partial charge in [-0.05, 0) is 17.2 Å². The quantitative estimate of drug-likeness (QED) is 0.699. The number of rotatable bonds is 6. The van der Waals surface area contributed by atoms with Crippen molar-refractivity contribution in [2.24, 2.45) is 0 Å². The van der Waals surface area contributed by atoms with Gasteiger partial charge in [0.15, 0.2) is 0 Å². The maximum absolute atomic E-state index is 12.9. The Labute approximate surface area is 170 Å². The number of carbonyl (C=O) groups is 1. The summed E-state index contributed by atoms with van der Waals surface area (Å²) < 4.78 is 0. The molecule has 0 saturated carbocycles. The highest BCUT2D eigenvalue weighted by Gasteiger charge is 2.23. The zero-order valence-corrected chi connectivity index (χ0v) is 16.2. The highest BCUT2D eigenvalue weighted by Crippen LogP contribution is 2.13. The SMILES string of the molecule is O=C(c1cc(NCc2cccnc2)ncn1)N1CCN(Cc2ccccc2)CC1. The summed E-state index contributed by atoms with van der Waals surface area (Å²) >= 11 is 0. The Hall–Kier alpha value is -3.32. The van der Waals surface area contributed by atoms with E-state index in [1.165, 1.54) is 11.9 Å². The normalized spacial score (nSPS) is 14.6. The van der Waals surface area contributed by atoms with Crippen LogP contribution >= 0.6 is 0 Å². The molecule has 1 amide bonds. The van der Waals surface area contributed by atoms with Crippen molar-refractivity contribution in [3.05, 3.63) is 84.1 Å². The smallest absolute Gasteiger partial charge is 0.272 e. The number of anilines is 1. The molecule has 1 aliphatic rings. The molecule has 4 rings (SSSR count). The summed E-state index contributed by atoms with van der Waals surface area (Å²) in [6.45, 7) is 4.63. The van der Waals surface area contributed by atoms with Gasteiger partial charge < -0.3 is 10.2 Å². The molecule has 3 aromatic rings. The molecular formula is C22H24N6O. The fraction of sp³-hybridized carbons (Fsp3) is 0.273. The van der Waals surface area contributed by atoms with Crippen molar-refractivity contribution in [1.29, 1.82) is 0 Å². The number of nitrogens with one attached hydrogen (secondary N) is 1. The van der Waals surface area contributed by atoms with E-state index >= 15 is 0 Å². The molecule has 0 atom stereocenters. The summed E-state index contributed by atoms with van der Waals surface area (Å²) in [5.41, 5.74) is 2.77. The van der Waals surface area contributed by atoms with E-state index in [-0.39, 0.29) is 5.91 Å². The first kappa shape index (κ1) is 19.0. The topological polar surface area (TPSA) is 74.2 Å². The lowest BCUT2D eigenvalue weighted by molar-refractivity contribution is 0.0622. The minimum absolute atomic E-state index is 0.0452. The molecule has 0 spiro atoms. The first-order chi connectivity index (χ1) is 14.3. The lowest BCUT2D eigenvalue weighted by Crippen LogP contribution is -2.48. The summed E-state index contributed by atoms with van der Waals surface area (Å²) in [7, 11) is 0. The second kappa shape index (κ2) is 9.25. The van der Waals surface area contributed by atoms with Crippen molar-refractivity contribution < 1.29 is 4.79 Å². The molecule has 1 fully saturated rings. The fourth-order valence-electron chi connectivity index (χ4n) is 3.38. The van der Waals surface area contributed by atoms with Crippen molar-refractivity contribution in [2.75, 3.05) is 31.5 Å². The van der Waals surface area contributed by atoms with Gasteiger partial charge in [-0.15, -0.1) is 0 Å². The second-order valence-electron chi connectivity index (χ2n) is 7.06. The zero-order chi connectivity index (χ0) is 19.9. The zero-order valence-electron chi connectivity index (χ0n) is 16.2. The molecule has 0 radical (unpaired) electrons. The summed E-state index contributed by atoms with van der Waals surface area (Å²) in [5.74, 6) is 0.589. The minimum atomic E-state index is -0.0452. The molecule has 7 heteroatoms. The van der Waals surface area contributed by atoms with Crippen LogP contribution in [0.2, 0.25) is 0 Å². The van der Waals surface area contributed by atoms with Crippen LogP contribution < -0.4 is 5.32 Å². The number of benzene rings is 1. The van der Waals surface area contributed by atoms with E-state index < -0.39 is 0 Å². The van der Waals surface area contributed by atoms with Crippen molar-refractivity contribution >= 4 is 11.7 Å². The van der Waals surface area contributed by atoms with Gasteiger partial charge in [0.25, 0.3) is 5.91 Å². The van der Waals surface area contributed by atoms with Crippen molar-refractivity contribution in [3.8, 4) is 0 Å². The molecule has 3 heterocycles. The molecule has 1 N–H and O–H groups in total. The molecule has 1 aromatic carbocycles. The Morgan fingerprint density at radius 3 is 2.52 bits per heavy atom. The maximum Gasteiger partial charge on any atom is 0.272 e. The number of piperazine rings is 1. The number of hydrogen-bond acceptors (Lipinski definition) is 6. The molecule has 0 unspecified atom stereocenters. The number of carbonyl (C=O) groups excluding carboxylic acids is 1. The van der Waals surface area contributed by atoms with Crippen molar-refractivity contribution in [2.45, 2.75) is 13.1 Å². The lowest BCUT2D eigenvalue weighted by atomic mass is 10.2. The summed E-state index contributed by atoms with van der Waals surface area (Å²) in [6, 6.07) is 16.0. The number of nitrogens with zero attached hydrogens (tertiary/aromatic N) is 5. The highest BCUT2D eigenvalue weighted by atomic mass is 16.2. The van der Waals surface area contributed by atoms with E-state index in [0.29, 0.717) is 31.1 Å². The van der Waals surface area contributed by atoms with Gasteiger partial charge in [-0.3, -0.25) is 14.7 Å². The van der Waals surface area contributed by atoms with Gasteiger partial charge >= 0.3 is 0 Å². The highest BCUT2D eigenvalue weighted by molar-refractivity contribution is 5.93. The van der Waals surface area contributed by atoms with Gasteiger partial charge in [-0.25, -0.2) is 9.97 Å². The van der Waals surface area contributed by atoms with Gasteiger partial charge in [0.2, 0.25) is 0 Å². The van der Waals surface area contributed by atoms with Crippen molar-refractivity contribution in [1.82, 2.24) is 24.8 Å². The van der Waals surface area contributed by atoms with Crippen LogP contribution in [0.15, 0.2) is 67.3 Å². The summed E-state index contributed by atoms with van der Waals surface area (Å²) in [4.78, 5) is 29.6. The van der Waals surface area contributed by atoms with Gasteiger partial charge in [-0.1, -0.05) is 36.4 Å². The lowest BCUT2D eigenvalue weighted by Gasteiger charge is -2.34. The molecule has 2 aromatic heterocycles. The molecule has 1 aliphatic heterocycles. The number of pyridine rings is 1. The molecule has 0 bridgehead atoms. The summed E-state index contributed by atoms with van der Waals surface area (Å²) in [6.07, 6.45) is 4.98. The molecule has 0 aliphatic carbocycles. The van der Waals surface area contributed by atoms with E-state index in [1.54, 1.807) is 18.5 Å². The maximum atomic E-state index is 12.9. The van der Waals surface area contributed by atoms with Crippen LogP contribution in [0.4, 0.5) is 5.82 Å². The average molecular weight is 388 g/mol. The Bertz CT molecular complexity index is 926. The molecular weight excluding hydrogens is 364 g/mol. The standard InChI is InChI=1S/C22H24N6O/c29-22(28-11-9-27(10-12-28)16-18-5-2-1-3-6-18)20-13-21(26-17-25-20)24-15-19-7-4-8-23-14-19/h1-8,13-14,17H,9-12,15-16H2,(H,24,25,26). The van der Waals surface area contributed by atoms with E-state index in [0.717, 1.165) is 25.2 Å². The number of hydrogen-bond donors (Lipinski definition) is 1. The molecule has 7 nitrogen and oxygen atoms in total. The Morgan fingerprint density at radius 1 is 0.966 bits per heavy atom. The van der Waals surface area contributed by atoms with E-state index in [2.05, 4.69) is 49.4 Å². The van der Waals surface area contributed by atoms with Crippen LogP contribution in [0.3, 0.4) is 0 Å². The van der Waals surface area contributed by atoms with Crippen LogP contribution in [-0.2, 0) is 13.1 Å². The van der Waals surface area contributed by atoms with Crippen LogP contribution in [0.25, 0.3) is 0 Å². The van der Waals surface area contributed by atoms with Crippen molar-refractivity contribution in [3.63, 3.8) is 0 Å². The number of aromatic nitrogens is 3. The van der Waals surface area contributed by atoms with Gasteiger partial charge in [0.1, 0.15) is 17.8 Å². The fourth-order valence-corrected chi connectivity index (χ4v) is 3.38. The third-order valence-corrected chi connectivity index (χ3v) is 4.99. The second-order valence-corrected chi connectivity index (χ2v) is 7.06. The van der Waals surface area contributed by atoms with Crippen LogP contribution in [0.5, 0.6) is 0 Å². The largest absolute Gasteiger partial charge is 0.366 e. The Balaban J connectivity index is 1.31. The summed E-state index contributed by atoms with van der Waals surface area (Å²) in [5, 5.41) is 3.22. The molecule has 29 heavy (non-hydrogen) atoms. The van der Waals surface area contributed by atoms with Crippen LogP contribution in [0, 0.1) is 0 Å². The van der Waals surface area contributed by atoms with Crippen LogP contribution in [-0.4, -0.2) is 56.8 Å². The molecule has 148 valence electrons. The van der Waals surface area contributed by atoms with E-state index in [9.17, 15) is 4.79 Å². The third kappa shape index (κ3) is 5.14. The average Bonchev–Trinajstić information content (AvgIpc) is 2.79. The predicted octanol–water partition coefficient (Wildman–Crippen LogP) is 2.44. The number of amides is 1. The van der Waals surface area contributed by atoms with Crippen LogP contribution in [0.1, 0.15) is 21.6 Å². The first-order valence-corrected chi connectivity index (χ1v) is 9.78. The van der Waals surface area contributed by atoms with E-state index in [4.69, 9.17) is 0 Å². The minimum Gasteiger partial charge on any atom is -0.366 e. The van der Waals surface area contributed by atoms with E-state index in [1.807, 2.05) is 23.1 Å². The Kier molecular flexibility index (Phi) is 6.07. The Morgan fingerprint density at radius 2 is 1.76 bits per heavy atom. The first-order valence-electron chi connectivity index (χ1n) is 9.78. The molecule has 1 saturated heterocycles. The van der Waals surface area contributed by atoms with Gasteiger partial charge in [0, 0.05) is 57.7 Å². The van der Waals surface area contributed by atoms with Gasteiger partial charge in [0.05, 0.1) is 0 Å².